The van der Waals surface area contributed by atoms with E-state index in [1.807, 2.05) is 6.92 Å². The molecule has 140 valence electrons. The van der Waals surface area contributed by atoms with Crippen LogP contribution in [0, 0.1) is 6.92 Å². The van der Waals surface area contributed by atoms with Gasteiger partial charge in [0.2, 0.25) is 0 Å². The molecule has 0 saturated carbocycles. The highest BCUT2D eigenvalue weighted by molar-refractivity contribution is 5.40. The van der Waals surface area contributed by atoms with Crippen molar-refractivity contribution in [3.05, 3.63) is 44.2 Å². The molecule has 2 aliphatic rings. The SMILES string of the molecule is Cc1nc2c(o1)CCCC2N[C@H]1CCN(c2cc(=O)n(C)c(=O)n2C)C1. The van der Waals surface area contributed by atoms with Crippen molar-refractivity contribution in [1.82, 2.24) is 19.4 Å². The quantitative estimate of drug-likeness (QED) is 0.865. The zero-order chi connectivity index (χ0) is 18.4. The Kier molecular flexibility index (Phi) is 4.22. The molecule has 4 rings (SSSR count). The van der Waals surface area contributed by atoms with Gasteiger partial charge in [-0.2, -0.15) is 0 Å². The molecule has 2 atom stereocenters. The van der Waals surface area contributed by atoms with Crippen LogP contribution < -0.4 is 21.5 Å². The Morgan fingerprint density at radius 1 is 1.23 bits per heavy atom. The highest BCUT2D eigenvalue weighted by atomic mass is 16.4. The van der Waals surface area contributed by atoms with E-state index in [1.165, 1.54) is 7.05 Å². The van der Waals surface area contributed by atoms with Crippen molar-refractivity contribution in [2.75, 3.05) is 18.0 Å². The standard InChI is InChI=1S/C18H25N5O3/c1-11-19-17-13(5-4-6-14(17)26-11)20-12-7-8-23(10-12)15-9-16(24)22(3)18(25)21(15)2/h9,12-13,20H,4-8,10H2,1-3H3/t12-,13?/m0/s1. The zero-order valence-electron chi connectivity index (χ0n) is 15.5. The molecule has 0 amide bonds. The second-order valence-electron chi connectivity index (χ2n) is 7.33. The van der Waals surface area contributed by atoms with Crippen LogP contribution in [0.4, 0.5) is 5.82 Å². The molecule has 2 aromatic heterocycles. The zero-order valence-corrected chi connectivity index (χ0v) is 15.5. The van der Waals surface area contributed by atoms with Crippen molar-refractivity contribution in [3.8, 4) is 0 Å². The molecular formula is C18H25N5O3. The molecule has 0 bridgehead atoms. The second-order valence-corrected chi connectivity index (χ2v) is 7.33. The molecular weight excluding hydrogens is 334 g/mol. The van der Waals surface area contributed by atoms with Crippen molar-refractivity contribution in [2.45, 2.75) is 44.7 Å². The summed E-state index contributed by atoms with van der Waals surface area (Å²) in [5.74, 6) is 2.42. The van der Waals surface area contributed by atoms with Crippen molar-refractivity contribution < 1.29 is 4.42 Å². The molecule has 2 aromatic rings. The molecule has 0 spiro atoms. The summed E-state index contributed by atoms with van der Waals surface area (Å²) >= 11 is 0. The van der Waals surface area contributed by atoms with Crippen LogP contribution in [0.15, 0.2) is 20.1 Å². The van der Waals surface area contributed by atoms with Gasteiger partial charge < -0.3 is 14.6 Å². The summed E-state index contributed by atoms with van der Waals surface area (Å²) in [7, 11) is 3.22. The van der Waals surface area contributed by atoms with Gasteiger partial charge in [0, 0.05) is 52.6 Å². The molecule has 3 heterocycles. The van der Waals surface area contributed by atoms with E-state index < -0.39 is 0 Å². The van der Waals surface area contributed by atoms with Crippen LogP contribution in [0.3, 0.4) is 0 Å². The van der Waals surface area contributed by atoms with Crippen LogP contribution >= 0.6 is 0 Å². The maximum absolute atomic E-state index is 12.2. The van der Waals surface area contributed by atoms with Crippen LogP contribution in [0.2, 0.25) is 0 Å². The minimum Gasteiger partial charge on any atom is -0.446 e. The predicted molar refractivity (Wildman–Crippen MR) is 97.6 cm³/mol. The van der Waals surface area contributed by atoms with Crippen LogP contribution in [0.25, 0.3) is 0 Å². The lowest BCUT2D eigenvalue weighted by Crippen LogP contribution is -2.41. The Labute approximate surface area is 151 Å². The fraction of sp³-hybridized carbons (Fsp3) is 0.611. The minimum absolute atomic E-state index is 0.216. The Hall–Kier alpha value is -2.35. The Morgan fingerprint density at radius 3 is 2.85 bits per heavy atom. The minimum atomic E-state index is -0.293. The third kappa shape index (κ3) is 2.88. The summed E-state index contributed by atoms with van der Waals surface area (Å²) in [4.78, 5) is 30.8. The fourth-order valence-electron chi connectivity index (χ4n) is 4.12. The van der Waals surface area contributed by atoms with E-state index in [0.717, 1.165) is 60.7 Å². The van der Waals surface area contributed by atoms with Gasteiger partial charge in [-0.05, 0) is 19.3 Å². The van der Waals surface area contributed by atoms with Gasteiger partial charge in [-0.1, -0.05) is 0 Å². The van der Waals surface area contributed by atoms with Gasteiger partial charge in [0.05, 0.1) is 11.7 Å². The average Bonchev–Trinajstić information content (AvgIpc) is 3.22. The van der Waals surface area contributed by atoms with Gasteiger partial charge in [-0.3, -0.25) is 13.9 Å². The van der Waals surface area contributed by atoms with Crippen LogP contribution in [0.1, 0.15) is 42.6 Å². The summed E-state index contributed by atoms with van der Waals surface area (Å²) in [5.41, 5.74) is 0.488. The lowest BCUT2D eigenvalue weighted by molar-refractivity contribution is 0.377. The fourth-order valence-corrected chi connectivity index (χ4v) is 4.12. The number of aryl methyl sites for hydroxylation is 2. The maximum atomic E-state index is 12.2. The lowest BCUT2D eigenvalue weighted by Gasteiger charge is -2.26. The van der Waals surface area contributed by atoms with E-state index in [9.17, 15) is 9.59 Å². The first-order chi connectivity index (χ1) is 12.4. The van der Waals surface area contributed by atoms with Crippen LogP contribution in [-0.2, 0) is 20.5 Å². The van der Waals surface area contributed by atoms with E-state index in [2.05, 4.69) is 15.2 Å². The first-order valence-electron chi connectivity index (χ1n) is 9.18. The molecule has 26 heavy (non-hydrogen) atoms. The van der Waals surface area contributed by atoms with Crippen molar-refractivity contribution in [1.29, 1.82) is 0 Å². The summed E-state index contributed by atoms with van der Waals surface area (Å²) in [5, 5.41) is 3.71. The number of oxazole rings is 1. The highest BCUT2D eigenvalue weighted by Crippen LogP contribution is 2.31. The van der Waals surface area contributed by atoms with Crippen molar-refractivity contribution >= 4 is 5.82 Å². The van der Waals surface area contributed by atoms with E-state index in [1.54, 1.807) is 17.7 Å². The highest BCUT2D eigenvalue weighted by Gasteiger charge is 2.31. The third-order valence-electron chi connectivity index (χ3n) is 5.51. The van der Waals surface area contributed by atoms with Gasteiger partial charge in [-0.15, -0.1) is 0 Å². The van der Waals surface area contributed by atoms with E-state index in [-0.39, 0.29) is 17.3 Å². The monoisotopic (exact) mass is 359 g/mol. The van der Waals surface area contributed by atoms with E-state index in [4.69, 9.17) is 4.42 Å². The van der Waals surface area contributed by atoms with Crippen molar-refractivity contribution in [2.24, 2.45) is 14.1 Å². The summed E-state index contributed by atoms with van der Waals surface area (Å²) < 4.78 is 8.38. The Bertz CT molecular complexity index is 941. The molecule has 1 aliphatic carbocycles. The second kappa shape index (κ2) is 6.42. The molecule has 1 saturated heterocycles. The van der Waals surface area contributed by atoms with Gasteiger partial charge in [0.25, 0.3) is 5.56 Å². The van der Waals surface area contributed by atoms with Gasteiger partial charge in [0.1, 0.15) is 11.6 Å². The maximum Gasteiger partial charge on any atom is 0.332 e. The number of nitrogens with one attached hydrogen (secondary N) is 1. The number of nitrogens with zero attached hydrogens (tertiary/aromatic N) is 4. The molecule has 1 aliphatic heterocycles. The summed E-state index contributed by atoms with van der Waals surface area (Å²) in [6.07, 6.45) is 4.07. The molecule has 8 nitrogen and oxygen atoms in total. The van der Waals surface area contributed by atoms with Crippen LogP contribution in [-0.4, -0.2) is 33.2 Å². The van der Waals surface area contributed by atoms with Gasteiger partial charge >= 0.3 is 5.69 Å². The summed E-state index contributed by atoms with van der Waals surface area (Å²) in [6, 6.07) is 2.06. The first kappa shape index (κ1) is 17.1. The summed E-state index contributed by atoms with van der Waals surface area (Å²) in [6.45, 7) is 3.47. The molecule has 1 fully saturated rings. The van der Waals surface area contributed by atoms with Gasteiger partial charge in [-0.25, -0.2) is 9.78 Å². The molecule has 8 heteroatoms. The van der Waals surface area contributed by atoms with Gasteiger partial charge in [0.15, 0.2) is 5.89 Å². The molecule has 0 aromatic carbocycles. The molecule has 1 N–H and O–H groups in total. The first-order valence-corrected chi connectivity index (χ1v) is 9.18. The molecule has 1 unspecified atom stereocenters. The van der Waals surface area contributed by atoms with E-state index >= 15 is 0 Å². The topological polar surface area (TPSA) is 85.3 Å². The van der Waals surface area contributed by atoms with Crippen LogP contribution in [0.5, 0.6) is 0 Å². The number of anilines is 1. The Morgan fingerprint density at radius 2 is 2.04 bits per heavy atom. The predicted octanol–water partition coefficient (Wildman–Crippen LogP) is 0.626. The lowest BCUT2D eigenvalue weighted by atomic mass is 9.96. The molecule has 0 radical (unpaired) electrons. The van der Waals surface area contributed by atoms with Crippen molar-refractivity contribution in [3.63, 3.8) is 0 Å². The third-order valence-corrected chi connectivity index (χ3v) is 5.51. The van der Waals surface area contributed by atoms with E-state index in [0.29, 0.717) is 11.9 Å². The number of rotatable bonds is 3. The normalized spacial score (nSPS) is 22.7. The largest absolute Gasteiger partial charge is 0.446 e. The number of aromatic nitrogens is 3. The number of hydrogen-bond donors (Lipinski definition) is 1. The number of hydrogen-bond acceptors (Lipinski definition) is 6. The average molecular weight is 359 g/mol. The number of fused-ring (bicyclic) bond motifs is 1. The smallest absolute Gasteiger partial charge is 0.332 e. The Balaban J connectivity index is 1.50.